The quantitative estimate of drug-likeness (QED) is 0.845. The van der Waals surface area contributed by atoms with E-state index in [1.807, 2.05) is 6.92 Å². The average molecular weight is 288 g/mol. The van der Waals surface area contributed by atoms with E-state index < -0.39 is 0 Å². The van der Waals surface area contributed by atoms with Gasteiger partial charge in [0, 0.05) is 26.3 Å². The molecular formula is C16H20N2O3. The molecule has 0 bridgehead atoms. The maximum Gasteiger partial charge on any atom is 0.273 e. The van der Waals surface area contributed by atoms with Crippen molar-refractivity contribution in [3.05, 3.63) is 29.6 Å². The number of hydrogen-bond donors (Lipinski definition) is 1. The molecule has 2 unspecified atom stereocenters. The summed E-state index contributed by atoms with van der Waals surface area (Å²) in [6.45, 7) is 2.66. The lowest BCUT2D eigenvalue weighted by molar-refractivity contribution is 0.0569. The standard InChI is InChI=1S/C16H20N2O3/c1-12-14(8-11-21-12)18(2)16(20)15-13(6-3-4-10-19)7-5-9-17-15/h5,7,9,12,14,19H,4,8,10-11H2,1-2H3. The van der Waals surface area contributed by atoms with Gasteiger partial charge in [0.15, 0.2) is 0 Å². The minimum Gasteiger partial charge on any atom is -0.395 e. The van der Waals surface area contributed by atoms with Crippen LogP contribution >= 0.6 is 0 Å². The molecule has 0 aliphatic carbocycles. The van der Waals surface area contributed by atoms with E-state index in [0.29, 0.717) is 24.3 Å². The second-order valence-electron chi connectivity index (χ2n) is 5.02. The van der Waals surface area contributed by atoms with Crippen LogP contribution in [0.5, 0.6) is 0 Å². The molecule has 21 heavy (non-hydrogen) atoms. The van der Waals surface area contributed by atoms with Crippen molar-refractivity contribution in [1.82, 2.24) is 9.88 Å². The number of carbonyl (C=O) groups is 1. The van der Waals surface area contributed by atoms with Crippen LogP contribution in [0.2, 0.25) is 0 Å². The summed E-state index contributed by atoms with van der Waals surface area (Å²) in [5.41, 5.74) is 0.943. The second-order valence-corrected chi connectivity index (χ2v) is 5.02. The van der Waals surface area contributed by atoms with Gasteiger partial charge >= 0.3 is 0 Å². The largest absolute Gasteiger partial charge is 0.395 e. The SMILES string of the molecule is CC1OCCC1N(C)C(=O)c1ncccc1C#CCCO. The Labute approximate surface area is 124 Å². The van der Waals surface area contributed by atoms with E-state index >= 15 is 0 Å². The van der Waals surface area contributed by atoms with Crippen molar-refractivity contribution in [2.24, 2.45) is 0 Å². The zero-order chi connectivity index (χ0) is 15.2. The van der Waals surface area contributed by atoms with Crippen LogP contribution in [0.25, 0.3) is 0 Å². The van der Waals surface area contributed by atoms with Crippen LogP contribution in [-0.4, -0.2) is 53.3 Å². The number of aromatic nitrogens is 1. The van der Waals surface area contributed by atoms with Crippen molar-refractivity contribution < 1.29 is 14.6 Å². The molecule has 0 aromatic carbocycles. The topological polar surface area (TPSA) is 62.7 Å². The highest BCUT2D eigenvalue weighted by Crippen LogP contribution is 2.20. The van der Waals surface area contributed by atoms with E-state index in [9.17, 15) is 4.79 Å². The molecule has 1 aliphatic rings. The summed E-state index contributed by atoms with van der Waals surface area (Å²) in [6, 6.07) is 3.59. The van der Waals surface area contributed by atoms with Crippen molar-refractivity contribution in [2.75, 3.05) is 20.3 Å². The minimum atomic E-state index is -0.147. The molecule has 1 aromatic rings. The molecule has 2 atom stereocenters. The Hall–Kier alpha value is -1.90. The summed E-state index contributed by atoms with van der Waals surface area (Å²) in [5.74, 6) is 5.58. The number of carbonyl (C=O) groups excluding carboxylic acids is 1. The summed E-state index contributed by atoms with van der Waals surface area (Å²) >= 11 is 0. The van der Waals surface area contributed by atoms with Crippen LogP contribution in [0.3, 0.4) is 0 Å². The van der Waals surface area contributed by atoms with Crippen molar-refractivity contribution in [3.63, 3.8) is 0 Å². The van der Waals surface area contributed by atoms with E-state index in [0.717, 1.165) is 6.42 Å². The van der Waals surface area contributed by atoms with Gasteiger partial charge < -0.3 is 14.7 Å². The molecule has 5 heteroatoms. The van der Waals surface area contributed by atoms with Crippen LogP contribution in [0, 0.1) is 11.8 Å². The van der Waals surface area contributed by atoms with Gasteiger partial charge in [0.25, 0.3) is 5.91 Å². The number of aliphatic hydroxyl groups is 1. The van der Waals surface area contributed by atoms with E-state index in [2.05, 4.69) is 16.8 Å². The molecule has 0 radical (unpaired) electrons. The first kappa shape index (κ1) is 15.5. The first-order chi connectivity index (χ1) is 10.1. The van der Waals surface area contributed by atoms with Gasteiger partial charge in [0.1, 0.15) is 5.69 Å². The lowest BCUT2D eigenvalue weighted by Gasteiger charge is -2.26. The van der Waals surface area contributed by atoms with E-state index in [-0.39, 0.29) is 24.7 Å². The van der Waals surface area contributed by atoms with Crippen LogP contribution in [0.15, 0.2) is 18.3 Å². The van der Waals surface area contributed by atoms with Crippen LogP contribution in [0.4, 0.5) is 0 Å². The summed E-state index contributed by atoms with van der Waals surface area (Å²) < 4.78 is 5.51. The molecule has 112 valence electrons. The monoisotopic (exact) mass is 288 g/mol. The lowest BCUT2D eigenvalue weighted by Crippen LogP contribution is -2.41. The summed E-state index contributed by atoms with van der Waals surface area (Å²) in [5, 5.41) is 8.78. The predicted octanol–water partition coefficient (Wildman–Crippen LogP) is 1.06. The van der Waals surface area contributed by atoms with Gasteiger partial charge in [-0.25, -0.2) is 4.98 Å². The Morgan fingerprint density at radius 2 is 2.43 bits per heavy atom. The number of likely N-dealkylation sites (N-methyl/N-ethyl adjacent to an activating group) is 1. The Balaban J connectivity index is 2.21. The number of nitrogens with zero attached hydrogens (tertiary/aromatic N) is 2. The van der Waals surface area contributed by atoms with Gasteiger partial charge in [0.05, 0.1) is 24.3 Å². The van der Waals surface area contributed by atoms with Crippen LogP contribution in [0.1, 0.15) is 35.8 Å². The third-order valence-electron chi connectivity index (χ3n) is 3.62. The molecule has 1 fully saturated rings. The van der Waals surface area contributed by atoms with E-state index in [1.54, 1.807) is 30.3 Å². The molecule has 1 N–H and O–H groups in total. The Morgan fingerprint density at radius 1 is 1.62 bits per heavy atom. The van der Waals surface area contributed by atoms with Crippen LogP contribution in [-0.2, 0) is 4.74 Å². The van der Waals surface area contributed by atoms with Gasteiger partial charge in [-0.05, 0) is 25.5 Å². The molecular weight excluding hydrogens is 268 g/mol. The Bertz CT molecular complexity index is 562. The van der Waals surface area contributed by atoms with Crippen molar-refractivity contribution in [1.29, 1.82) is 0 Å². The fraction of sp³-hybridized carbons (Fsp3) is 0.500. The molecule has 0 saturated carbocycles. The first-order valence-corrected chi connectivity index (χ1v) is 7.08. The summed E-state index contributed by atoms with van der Waals surface area (Å²) in [6.07, 6.45) is 2.84. The Kier molecular flexibility index (Phi) is 5.32. The average Bonchev–Trinajstić information content (AvgIpc) is 2.93. The van der Waals surface area contributed by atoms with E-state index in [1.165, 1.54) is 0 Å². The number of rotatable bonds is 3. The molecule has 1 saturated heterocycles. The van der Waals surface area contributed by atoms with E-state index in [4.69, 9.17) is 9.84 Å². The highest BCUT2D eigenvalue weighted by molar-refractivity contribution is 5.94. The van der Waals surface area contributed by atoms with Gasteiger partial charge in [-0.2, -0.15) is 0 Å². The van der Waals surface area contributed by atoms with Gasteiger partial charge in [-0.15, -0.1) is 0 Å². The van der Waals surface area contributed by atoms with Crippen molar-refractivity contribution in [3.8, 4) is 11.8 Å². The fourth-order valence-corrected chi connectivity index (χ4v) is 2.44. The highest BCUT2D eigenvalue weighted by atomic mass is 16.5. The molecule has 1 aromatic heterocycles. The molecule has 5 nitrogen and oxygen atoms in total. The van der Waals surface area contributed by atoms with Gasteiger partial charge in [-0.3, -0.25) is 4.79 Å². The summed E-state index contributed by atoms with van der Waals surface area (Å²) in [7, 11) is 1.78. The molecule has 0 spiro atoms. The smallest absolute Gasteiger partial charge is 0.273 e. The minimum absolute atomic E-state index is 0.00731. The zero-order valence-corrected chi connectivity index (χ0v) is 12.4. The van der Waals surface area contributed by atoms with Gasteiger partial charge in [-0.1, -0.05) is 11.8 Å². The van der Waals surface area contributed by atoms with Crippen molar-refractivity contribution in [2.45, 2.75) is 31.9 Å². The highest BCUT2D eigenvalue weighted by Gasteiger charge is 2.32. The fourth-order valence-electron chi connectivity index (χ4n) is 2.44. The normalized spacial score (nSPS) is 20.7. The maximum atomic E-state index is 12.6. The third-order valence-corrected chi connectivity index (χ3v) is 3.62. The molecule has 2 heterocycles. The number of hydrogen-bond acceptors (Lipinski definition) is 4. The maximum absolute atomic E-state index is 12.6. The Morgan fingerprint density at radius 3 is 3.10 bits per heavy atom. The number of amides is 1. The summed E-state index contributed by atoms with van der Waals surface area (Å²) in [4.78, 5) is 18.5. The second kappa shape index (κ2) is 7.21. The predicted molar refractivity (Wildman–Crippen MR) is 78.7 cm³/mol. The first-order valence-electron chi connectivity index (χ1n) is 7.08. The third kappa shape index (κ3) is 3.60. The van der Waals surface area contributed by atoms with Gasteiger partial charge in [0.2, 0.25) is 0 Å². The lowest BCUT2D eigenvalue weighted by atomic mass is 10.1. The zero-order valence-electron chi connectivity index (χ0n) is 12.4. The molecule has 2 rings (SSSR count). The number of pyridine rings is 1. The van der Waals surface area contributed by atoms with Crippen molar-refractivity contribution >= 4 is 5.91 Å². The van der Waals surface area contributed by atoms with Crippen LogP contribution < -0.4 is 0 Å². The number of ether oxygens (including phenoxy) is 1. The molecule has 1 aliphatic heterocycles. The number of aliphatic hydroxyl groups excluding tert-OH is 1. The molecule has 1 amide bonds.